The summed E-state index contributed by atoms with van der Waals surface area (Å²) >= 11 is 0. The molecular weight excluding hydrogens is 398 g/mol. The lowest BCUT2D eigenvalue weighted by Gasteiger charge is -2.36. The summed E-state index contributed by atoms with van der Waals surface area (Å²) in [5.74, 6) is 2.05. The van der Waals surface area contributed by atoms with Crippen LogP contribution in [0, 0.1) is 5.92 Å². The molecule has 1 saturated heterocycles. The van der Waals surface area contributed by atoms with Gasteiger partial charge in [0.25, 0.3) is 0 Å². The second-order valence-corrected chi connectivity index (χ2v) is 9.84. The summed E-state index contributed by atoms with van der Waals surface area (Å²) in [6, 6.07) is 8.85. The Hall–Kier alpha value is -2.08. The zero-order chi connectivity index (χ0) is 22.2. The van der Waals surface area contributed by atoms with Gasteiger partial charge in [-0.1, -0.05) is 43.5 Å². The highest BCUT2D eigenvalue weighted by Crippen LogP contribution is 2.25. The van der Waals surface area contributed by atoms with Gasteiger partial charge >= 0.3 is 0 Å². The Morgan fingerprint density at radius 1 is 1.03 bits per heavy atom. The lowest BCUT2D eigenvalue weighted by atomic mass is 9.88. The summed E-state index contributed by atoms with van der Waals surface area (Å²) in [6.45, 7) is 5.97. The SMILES string of the molecule is CN=C(NCCCC(=O)N1Cc2ccccc2C1)NC1CCN(CC2CCCCC2)CC1. The number of nitrogens with one attached hydrogen (secondary N) is 2. The first kappa shape index (κ1) is 23.1. The van der Waals surface area contributed by atoms with E-state index >= 15 is 0 Å². The van der Waals surface area contributed by atoms with E-state index in [1.165, 1.54) is 75.7 Å². The highest BCUT2D eigenvalue weighted by molar-refractivity contribution is 5.80. The molecule has 1 amide bonds. The molecule has 1 saturated carbocycles. The van der Waals surface area contributed by atoms with Crippen molar-refractivity contribution >= 4 is 11.9 Å². The van der Waals surface area contributed by atoms with Gasteiger partial charge in [0.1, 0.15) is 0 Å². The van der Waals surface area contributed by atoms with Crippen LogP contribution < -0.4 is 10.6 Å². The normalized spacial score (nSPS) is 20.9. The van der Waals surface area contributed by atoms with Crippen molar-refractivity contribution in [3.8, 4) is 0 Å². The molecule has 0 radical (unpaired) electrons. The molecule has 3 aliphatic rings. The van der Waals surface area contributed by atoms with E-state index in [9.17, 15) is 4.79 Å². The van der Waals surface area contributed by atoms with E-state index < -0.39 is 0 Å². The Balaban J connectivity index is 1.09. The first-order valence-electron chi connectivity index (χ1n) is 12.8. The average molecular weight is 440 g/mol. The number of hydrogen-bond acceptors (Lipinski definition) is 3. The topological polar surface area (TPSA) is 60.0 Å². The van der Waals surface area contributed by atoms with Crippen LogP contribution in [0.5, 0.6) is 0 Å². The van der Waals surface area contributed by atoms with Crippen molar-refractivity contribution in [3.63, 3.8) is 0 Å². The number of fused-ring (bicyclic) bond motifs is 1. The van der Waals surface area contributed by atoms with E-state index in [0.29, 0.717) is 12.5 Å². The van der Waals surface area contributed by atoms with Gasteiger partial charge < -0.3 is 20.4 Å². The number of likely N-dealkylation sites (tertiary alicyclic amines) is 1. The molecule has 0 spiro atoms. The predicted molar refractivity (Wildman–Crippen MR) is 130 cm³/mol. The average Bonchev–Trinajstić information content (AvgIpc) is 3.27. The van der Waals surface area contributed by atoms with Gasteiger partial charge in [0, 0.05) is 58.8 Å². The van der Waals surface area contributed by atoms with Gasteiger partial charge in [0.2, 0.25) is 5.91 Å². The van der Waals surface area contributed by atoms with Crippen LogP contribution in [-0.4, -0.2) is 60.9 Å². The van der Waals surface area contributed by atoms with E-state index in [-0.39, 0.29) is 5.91 Å². The maximum atomic E-state index is 12.6. The fourth-order valence-corrected chi connectivity index (χ4v) is 5.50. The Morgan fingerprint density at radius 3 is 2.38 bits per heavy atom. The number of guanidine groups is 1. The molecule has 1 aromatic carbocycles. The molecule has 1 aromatic rings. The van der Waals surface area contributed by atoms with Crippen LogP contribution >= 0.6 is 0 Å². The molecule has 4 rings (SSSR count). The highest BCUT2D eigenvalue weighted by atomic mass is 16.2. The van der Waals surface area contributed by atoms with Crippen LogP contribution in [0.15, 0.2) is 29.3 Å². The van der Waals surface area contributed by atoms with Crippen LogP contribution in [0.3, 0.4) is 0 Å². The lowest BCUT2D eigenvalue weighted by molar-refractivity contribution is -0.131. The molecule has 6 heteroatoms. The number of hydrogen-bond donors (Lipinski definition) is 2. The number of amides is 1. The van der Waals surface area contributed by atoms with Gasteiger partial charge in [-0.2, -0.15) is 0 Å². The Bertz CT molecular complexity index is 740. The quantitative estimate of drug-likeness (QED) is 0.388. The molecule has 1 aliphatic carbocycles. The summed E-state index contributed by atoms with van der Waals surface area (Å²) in [5.41, 5.74) is 2.57. The summed E-state index contributed by atoms with van der Waals surface area (Å²) in [7, 11) is 1.83. The van der Waals surface area contributed by atoms with Crippen molar-refractivity contribution < 1.29 is 4.79 Å². The molecule has 0 aromatic heterocycles. The number of rotatable bonds is 7. The maximum Gasteiger partial charge on any atom is 0.223 e. The third kappa shape index (κ3) is 6.47. The van der Waals surface area contributed by atoms with E-state index in [1.807, 2.05) is 11.9 Å². The number of piperidine rings is 1. The van der Waals surface area contributed by atoms with Crippen molar-refractivity contribution in [2.24, 2.45) is 10.9 Å². The van der Waals surface area contributed by atoms with Crippen LogP contribution in [-0.2, 0) is 17.9 Å². The number of nitrogens with zero attached hydrogens (tertiary/aromatic N) is 3. The second-order valence-electron chi connectivity index (χ2n) is 9.84. The zero-order valence-corrected chi connectivity index (χ0v) is 19.8. The molecule has 0 unspecified atom stereocenters. The second kappa shape index (κ2) is 11.7. The fraction of sp³-hybridized carbons (Fsp3) is 0.692. The van der Waals surface area contributed by atoms with Crippen LogP contribution in [0.25, 0.3) is 0 Å². The smallest absolute Gasteiger partial charge is 0.223 e. The summed E-state index contributed by atoms with van der Waals surface area (Å²) in [4.78, 5) is 21.6. The standard InChI is InChI=1S/C26H41N5O/c1-27-26(29-24-13-16-30(17-14-24)18-21-8-3-2-4-9-21)28-15-7-12-25(32)31-19-22-10-5-6-11-23(22)20-31/h5-6,10-11,21,24H,2-4,7-9,12-20H2,1H3,(H2,27,28,29). The molecule has 2 N–H and O–H groups in total. The van der Waals surface area contributed by atoms with Crippen molar-refractivity contribution in [3.05, 3.63) is 35.4 Å². The number of carbonyl (C=O) groups is 1. The van der Waals surface area contributed by atoms with Crippen molar-refractivity contribution in [1.29, 1.82) is 0 Å². The van der Waals surface area contributed by atoms with Crippen LogP contribution in [0.1, 0.15) is 68.9 Å². The van der Waals surface area contributed by atoms with Gasteiger partial charge in [0.15, 0.2) is 5.96 Å². The first-order valence-corrected chi connectivity index (χ1v) is 12.8. The van der Waals surface area contributed by atoms with E-state index in [2.05, 4.69) is 44.8 Å². The lowest BCUT2D eigenvalue weighted by Crippen LogP contribution is -2.49. The largest absolute Gasteiger partial charge is 0.356 e. The summed E-state index contributed by atoms with van der Waals surface area (Å²) < 4.78 is 0. The van der Waals surface area contributed by atoms with Gasteiger partial charge in [0.05, 0.1) is 0 Å². The van der Waals surface area contributed by atoms with Crippen LogP contribution in [0.2, 0.25) is 0 Å². The van der Waals surface area contributed by atoms with Gasteiger partial charge in [-0.3, -0.25) is 9.79 Å². The minimum absolute atomic E-state index is 0.247. The Labute approximate surface area is 193 Å². The molecule has 0 atom stereocenters. The minimum Gasteiger partial charge on any atom is -0.356 e. The van der Waals surface area contributed by atoms with Gasteiger partial charge in [-0.15, -0.1) is 0 Å². The highest BCUT2D eigenvalue weighted by Gasteiger charge is 2.24. The molecule has 0 bridgehead atoms. The summed E-state index contributed by atoms with van der Waals surface area (Å²) in [6.07, 6.45) is 10.9. The van der Waals surface area contributed by atoms with Crippen molar-refractivity contribution in [2.75, 3.05) is 33.2 Å². The number of carbonyl (C=O) groups excluding carboxylic acids is 1. The fourth-order valence-electron chi connectivity index (χ4n) is 5.50. The Morgan fingerprint density at radius 2 is 1.72 bits per heavy atom. The monoisotopic (exact) mass is 439 g/mol. The summed E-state index contributed by atoms with van der Waals surface area (Å²) in [5, 5.41) is 7.01. The van der Waals surface area contributed by atoms with Crippen molar-refractivity contribution in [2.45, 2.75) is 76.9 Å². The molecule has 2 fully saturated rings. The molecular formula is C26H41N5O. The molecule has 6 nitrogen and oxygen atoms in total. The third-order valence-electron chi connectivity index (χ3n) is 7.45. The Kier molecular flexibility index (Phi) is 8.43. The third-order valence-corrected chi connectivity index (χ3v) is 7.45. The molecule has 176 valence electrons. The molecule has 2 heterocycles. The molecule has 32 heavy (non-hydrogen) atoms. The van der Waals surface area contributed by atoms with E-state index in [1.54, 1.807) is 0 Å². The number of aliphatic imine (C=N–C) groups is 1. The molecule has 2 aliphatic heterocycles. The van der Waals surface area contributed by atoms with Crippen molar-refractivity contribution in [1.82, 2.24) is 20.4 Å². The number of benzene rings is 1. The van der Waals surface area contributed by atoms with E-state index in [4.69, 9.17) is 0 Å². The van der Waals surface area contributed by atoms with E-state index in [0.717, 1.165) is 37.9 Å². The van der Waals surface area contributed by atoms with Gasteiger partial charge in [-0.05, 0) is 49.1 Å². The first-order chi connectivity index (χ1) is 15.7. The predicted octanol–water partition coefficient (Wildman–Crippen LogP) is 3.52. The zero-order valence-electron chi connectivity index (χ0n) is 19.8. The minimum atomic E-state index is 0.247. The van der Waals surface area contributed by atoms with Crippen LogP contribution in [0.4, 0.5) is 0 Å². The maximum absolute atomic E-state index is 12.6. The van der Waals surface area contributed by atoms with Gasteiger partial charge in [-0.25, -0.2) is 0 Å².